The number of sulfonamides is 1. The van der Waals surface area contributed by atoms with E-state index in [1.54, 1.807) is 0 Å². The molecule has 1 aliphatic rings. The lowest BCUT2D eigenvalue weighted by molar-refractivity contribution is -0.126. The van der Waals surface area contributed by atoms with Crippen molar-refractivity contribution in [1.82, 2.24) is 9.62 Å². The van der Waals surface area contributed by atoms with Crippen LogP contribution in [0.5, 0.6) is 0 Å². The van der Waals surface area contributed by atoms with Crippen molar-refractivity contribution in [3.63, 3.8) is 0 Å². The molecule has 30 heavy (non-hydrogen) atoms. The second kappa shape index (κ2) is 9.31. The Balaban J connectivity index is 1.57. The molecule has 0 spiro atoms. The molecule has 2 aromatic rings. The van der Waals surface area contributed by atoms with E-state index in [1.807, 2.05) is 37.3 Å². The van der Waals surface area contributed by atoms with Crippen molar-refractivity contribution in [2.24, 2.45) is 5.92 Å². The molecule has 0 aromatic heterocycles. The Bertz CT molecular complexity index is 995. The van der Waals surface area contributed by atoms with Crippen LogP contribution in [-0.2, 0) is 20.6 Å². The maximum absolute atomic E-state index is 12.8. The Morgan fingerprint density at radius 3 is 2.27 bits per heavy atom. The van der Waals surface area contributed by atoms with Gasteiger partial charge < -0.3 is 5.32 Å². The molecule has 0 bridgehead atoms. The number of hydrogen-bond acceptors (Lipinski definition) is 3. The predicted molar refractivity (Wildman–Crippen MR) is 121 cm³/mol. The van der Waals surface area contributed by atoms with Gasteiger partial charge >= 0.3 is 0 Å². The number of carbonyl (C=O) groups is 1. The number of aryl methyl sites for hydroxylation is 3. The highest BCUT2D eigenvalue weighted by Gasteiger charge is 2.31. The molecule has 1 saturated heterocycles. The van der Waals surface area contributed by atoms with Crippen molar-refractivity contribution in [2.75, 3.05) is 13.1 Å². The molecule has 0 radical (unpaired) electrons. The van der Waals surface area contributed by atoms with E-state index in [0.717, 1.165) is 11.1 Å². The van der Waals surface area contributed by atoms with Crippen LogP contribution in [0.2, 0.25) is 0 Å². The average molecular weight is 429 g/mol. The Morgan fingerprint density at radius 1 is 1.03 bits per heavy atom. The highest BCUT2D eigenvalue weighted by atomic mass is 32.2. The maximum Gasteiger partial charge on any atom is 0.223 e. The summed E-state index contributed by atoms with van der Waals surface area (Å²) < 4.78 is 27.0. The summed E-state index contributed by atoms with van der Waals surface area (Å²) in [5.41, 5.74) is 5.56. The molecule has 1 aliphatic heterocycles. The summed E-state index contributed by atoms with van der Waals surface area (Å²) in [6.45, 7) is 9.04. The Kier molecular flexibility index (Phi) is 6.98. The quantitative estimate of drug-likeness (QED) is 0.755. The third-order valence-electron chi connectivity index (χ3n) is 6.12. The predicted octanol–water partition coefficient (Wildman–Crippen LogP) is 4.03. The summed E-state index contributed by atoms with van der Waals surface area (Å²) in [5.74, 6) is -0.129. The summed E-state index contributed by atoms with van der Waals surface area (Å²) in [4.78, 5) is 12.8. The molecule has 5 nitrogen and oxygen atoms in total. The molecule has 0 unspecified atom stereocenters. The molecule has 3 rings (SSSR count). The van der Waals surface area contributed by atoms with Crippen molar-refractivity contribution in [2.45, 2.75) is 52.3 Å². The molecule has 0 aliphatic carbocycles. The van der Waals surface area contributed by atoms with Gasteiger partial charge in [-0.05, 0) is 68.4 Å². The molecule has 1 N–H and O–H groups in total. The number of rotatable bonds is 6. The van der Waals surface area contributed by atoms with E-state index in [1.165, 1.54) is 21.0 Å². The molecule has 1 atom stereocenters. The Hall–Kier alpha value is -2.18. The lowest BCUT2D eigenvalue weighted by Gasteiger charge is -2.31. The lowest BCUT2D eigenvalue weighted by atomic mass is 9.94. The van der Waals surface area contributed by atoms with Gasteiger partial charge in [-0.3, -0.25) is 4.79 Å². The monoisotopic (exact) mass is 428 g/mol. The fourth-order valence-corrected chi connectivity index (χ4v) is 5.69. The van der Waals surface area contributed by atoms with Gasteiger partial charge in [-0.25, -0.2) is 12.7 Å². The summed E-state index contributed by atoms with van der Waals surface area (Å²) in [5, 5.41) is 3.14. The number of nitrogens with zero attached hydrogens (tertiary/aromatic N) is 1. The first-order chi connectivity index (χ1) is 14.2. The molecule has 1 amide bonds. The summed E-state index contributed by atoms with van der Waals surface area (Å²) in [7, 11) is -3.36. The van der Waals surface area contributed by atoms with Crippen LogP contribution >= 0.6 is 0 Å². The zero-order valence-corrected chi connectivity index (χ0v) is 19.1. The van der Waals surface area contributed by atoms with Crippen LogP contribution in [-0.4, -0.2) is 31.7 Å². The van der Waals surface area contributed by atoms with E-state index in [4.69, 9.17) is 0 Å². The van der Waals surface area contributed by atoms with Crippen molar-refractivity contribution >= 4 is 15.9 Å². The number of nitrogens with one attached hydrogen (secondary N) is 1. The van der Waals surface area contributed by atoms with Gasteiger partial charge in [0.1, 0.15) is 0 Å². The van der Waals surface area contributed by atoms with Crippen LogP contribution in [0.4, 0.5) is 0 Å². The summed E-state index contributed by atoms with van der Waals surface area (Å²) in [6.07, 6.45) is 1.11. The maximum atomic E-state index is 12.8. The molecule has 1 fully saturated rings. The highest BCUT2D eigenvalue weighted by molar-refractivity contribution is 7.88. The van der Waals surface area contributed by atoms with Crippen LogP contribution in [0, 0.1) is 26.7 Å². The van der Waals surface area contributed by atoms with Crippen molar-refractivity contribution in [1.29, 1.82) is 0 Å². The zero-order chi connectivity index (χ0) is 21.9. The van der Waals surface area contributed by atoms with E-state index < -0.39 is 10.0 Å². The second-order valence-corrected chi connectivity index (χ2v) is 10.4. The normalized spacial score (nSPS) is 16.9. The van der Waals surface area contributed by atoms with Gasteiger partial charge in [0.15, 0.2) is 0 Å². The molecule has 0 saturated carbocycles. The third-order valence-corrected chi connectivity index (χ3v) is 7.97. The third kappa shape index (κ3) is 5.29. The van der Waals surface area contributed by atoms with Gasteiger partial charge in [0.05, 0.1) is 11.8 Å². The van der Waals surface area contributed by atoms with Gasteiger partial charge in [-0.15, -0.1) is 0 Å². The molecular formula is C24H32N2O3S. The first-order valence-corrected chi connectivity index (χ1v) is 12.2. The SMILES string of the molecule is Cc1cc(C)c([C@H](C)NC(=O)C2CCN(S(=O)(=O)Cc3ccccc3)CC2)cc1C. The largest absolute Gasteiger partial charge is 0.349 e. The van der Waals surface area contributed by atoms with Crippen LogP contribution in [0.15, 0.2) is 42.5 Å². The van der Waals surface area contributed by atoms with E-state index in [2.05, 4.69) is 38.2 Å². The number of piperidine rings is 1. The zero-order valence-electron chi connectivity index (χ0n) is 18.3. The minimum Gasteiger partial charge on any atom is -0.349 e. The minimum atomic E-state index is -3.36. The van der Waals surface area contributed by atoms with Crippen molar-refractivity contribution in [3.05, 3.63) is 70.3 Å². The molecule has 2 aromatic carbocycles. The van der Waals surface area contributed by atoms with Gasteiger partial charge in [-0.1, -0.05) is 42.5 Å². The van der Waals surface area contributed by atoms with Crippen LogP contribution < -0.4 is 5.32 Å². The average Bonchev–Trinajstić information content (AvgIpc) is 2.71. The fourth-order valence-electron chi connectivity index (χ4n) is 4.13. The van der Waals surface area contributed by atoms with E-state index in [9.17, 15) is 13.2 Å². The molecule has 1 heterocycles. The number of hydrogen-bond donors (Lipinski definition) is 1. The fraction of sp³-hybridized carbons (Fsp3) is 0.458. The number of amides is 1. The van der Waals surface area contributed by atoms with Crippen LogP contribution in [0.25, 0.3) is 0 Å². The smallest absolute Gasteiger partial charge is 0.223 e. The Morgan fingerprint density at radius 2 is 1.63 bits per heavy atom. The topological polar surface area (TPSA) is 66.5 Å². The van der Waals surface area contributed by atoms with E-state index >= 15 is 0 Å². The van der Waals surface area contributed by atoms with Crippen LogP contribution in [0.3, 0.4) is 0 Å². The lowest BCUT2D eigenvalue weighted by Crippen LogP contribution is -2.43. The molecule has 162 valence electrons. The van der Waals surface area contributed by atoms with Gasteiger partial charge in [0.2, 0.25) is 15.9 Å². The molecular weight excluding hydrogens is 396 g/mol. The van der Waals surface area contributed by atoms with Crippen molar-refractivity contribution < 1.29 is 13.2 Å². The van der Waals surface area contributed by atoms with Crippen LogP contribution in [0.1, 0.15) is 53.6 Å². The van der Waals surface area contributed by atoms with Gasteiger partial charge in [0.25, 0.3) is 0 Å². The summed E-state index contributed by atoms with van der Waals surface area (Å²) in [6, 6.07) is 13.5. The van der Waals surface area contributed by atoms with Gasteiger partial charge in [0, 0.05) is 19.0 Å². The molecule has 6 heteroatoms. The number of benzene rings is 2. The first-order valence-electron chi connectivity index (χ1n) is 10.6. The minimum absolute atomic E-state index is 0.00773. The standard InChI is InChI=1S/C24H32N2O3S/c1-17-14-19(3)23(15-18(17)2)20(4)25-24(27)22-10-12-26(13-11-22)30(28,29)16-21-8-6-5-7-9-21/h5-9,14-15,20,22H,10-13,16H2,1-4H3,(H,25,27)/t20-/m0/s1. The van der Waals surface area contributed by atoms with Crippen molar-refractivity contribution in [3.8, 4) is 0 Å². The number of carbonyl (C=O) groups excluding carboxylic acids is 1. The first kappa shape index (κ1) is 22.5. The highest BCUT2D eigenvalue weighted by Crippen LogP contribution is 2.25. The second-order valence-electron chi connectivity index (χ2n) is 8.44. The van der Waals surface area contributed by atoms with E-state index in [0.29, 0.717) is 25.9 Å². The summed E-state index contributed by atoms with van der Waals surface area (Å²) >= 11 is 0. The van der Waals surface area contributed by atoms with Gasteiger partial charge in [-0.2, -0.15) is 0 Å². The Labute approximate surface area is 180 Å². The van der Waals surface area contributed by atoms with E-state index in [-0.39, 0.29) is 23.6 Å².